The summed E-state index contributed by atoms with van der Waals surface area (Å²) >= 11 is 4.25. The van der Waals surface area contributed by atoms with Crippen molar-refractivity contribution in [2.24, 2.45) is 0 Å². The van der Waals surface area contributed by atoms with E-state index in [1.807, 2.05) is 11.9 Å². The molecule has 0 aliphatic carbocycles. The van der Waals surface area contributed by atoms with Crippen LogP contribution in [0.4, 0.5) is 0 Å². The molecule has 1 fully saturated rings. The van der Waals surface area contributed by atoms with Gasteiger partial charge in [-0.15, -0.1) is 0 Å². The molecule has 3 heteroatoms. The van der Waals surface area contributed by atoms with Gasteiger partial charge in [0, 0.05) is 13.6 Å². The van der Waals surface area contributed by atoms with Crippen LogP contribution in [0.5, 0.6) is 0 Å². The zero-order chi connectivity index (χ0) is 6.85. The average Bonchev–Trinajstić information content (AvgIpc) is 1.83. The molecule has 1 atom stereocenters. The molecule has 1 aliphatic rings. The fraction of sp³-hybridized carbons (Fsp3) is 0.833. The van der Waals surface area contributed by atoms with Gasteiger partial charge in [0.1, 0.15) is 5.84 Å². The molecule has 0 saturated carbocycles. The monoisotopic (exact) mass is 144 g/mol. The quantitative estimate of drug-likeness (QED) is 0.487. The van der Waals surface area contributed by atoms with Crippen molar-refractivity contribution in [1.29, 1.82) is 5.41 Å². The van der Waals surface area contributed by atoms with Crippen LogP contribution in [-0.2, 0) is 0 Å². The lowest BCUT2D eigenvalue weighted by molar-refractivity contribution is 0.435. The Kier molecular flexibility index (Phi) is 2.01. The van der Waals surface area contributed by atoms with Crippen molar-refractivity contribution in [3.63, 3.8) is 0 Å². The Morgan fingerprint density at radius 1 is 1.78 bits per heavy atom. The molecule has 9 heavy (non-hydrogen) atoms. The number of nitrogens with zero attached hydrogens (tertiary/aromatic N) is 1. The number of nitrogens with one attached hydrogen (secondary N) is 1. The lowest BCUT2D eigenvalue weighted by Crippen LogP contribution is -2.38. The highest BCUT2D eigenvalue weighted by Crippen LogP contribution is 2.14. The zero-order valence-electron chi connectivity index (χ0n) is 5.59. The summed E-state index contributed by atoms with van der Waals surface area (Å²) in [7, 11) is 1.95. The van der Waals surface area contributed by atoms with E-state index in [1.54, 1.807) is 0 Å². The van der Waals surface area contributed by atoms with Gasteiger partial charge in [-0.25, -0.2) is 0 Å². The van der Waals surface area contributed by atoms with Gasteiger partial charge < -0.3 is 4.90 Å². The van der Waals surface area contributed by atoms with Crippen LogP contribution in [0.15, 0.2) is 0 Å². The van der Waals surface area contributed by atoms with Crippen molar-refractivity contribution >= 4 is 18.5 Å². The van der Waals surface area contributed by atoms with Gasteiger partial charge in [-0.1, -0.05) is 0 Å². The molecule has 0 radical (unpaired) electrons. The predicted molar refractivity (Wildman–Crippen MR) is 42.4 cm³/mol. The lowest BCUT2D eigenvalue weighted by Gasteiger charge is -2.28. The average molecular weight is 144 g/mol. The van der Waals surface area contributed by atoms with Gasteiger partial charge in [-0.2, -0.15) is 12.6 Å². The Hall–Kier alpha value is -0.180. The molecule has 0 aromatic heterocycles. The number of hydrogen-bond donors (Lipinski definition) is 2. The second kappa shape index (κ2) is 2.60. The maximum absolute atomic E-state index is 7.45. The largest absolute Gasteiger partial charge is 0.363 e. The van der Waals surface area contributed by atoms with Crippen LogP contribution in [0, 0.1) is 5.41 Å². The fourth-order valence-corrected chi connectivity index (χ4v) is 1.41. The highest BCUT2D eigenvalue weighted by atomic mass is 32.1. The molecule has 1 aliphatic heterocycles. The molecule has 1 N–H and O–H groups in total. The molecule has 1 saturated heterocycles. The summed E-state index contributed by atoms with van der Waals surface area (Å²) in [6.45, 7) is 1.02. The third-order valence-corrected chi connectivity index (χ3v) is 2.20. The second-order valence-corrected chi connectivity index (χ2v) is 3.09. The number of likely N-dealkylation sites (tertiary alicyclic amines) is 1. The standard InChI is InChI=1S/C6H12N2S/c1-8-4-2-3-5(9)6(8)7/h5,7,9H,2-4H2,1H3. The van der Waals surface area contributed by atoms with Gasteiger partial charge in [-0.3, -0.25) is 5.41 Å². The van der Waals surface area contributed by atoms with Crippen LogP contribution < -0.4 is 0 Å². The van der Waals surface area contributed by atoms with E-state index in [0.717, 1.165) is 13.0 Å². The van der Waals surface area contributed by atoms with Crippen molar-refractivity contribution in [3.8, 4) is 0 Å². The molecule has 0 bridgehead atoms. The van der Waals surface area contributed by atoms with Crippen LogP contribution in [0.25, 0.3) is 0 Å². The van der Waals surface area contributed by atoms with E-state index in [-0.39, 0.29) is 5.25 Å². The van der Waals surface area contributed by atoms with E-state index in [2.05, 4.69) is 12.6 Å². The molecular formula is C6H12N2S. The first-order valence-electron chi connectivity index (χ1n) is 3.19. The van der Waals surface area contributed by atoms with Gasteiger partial charge in [0.05, 0.1) is 5.25 Å². The van der Waals surface area contributed by atoms with Crippen molar-refractivity contribution in [1.82, 2.24) is 4.90 Å². The fourth-order valence-electron chi connectivity index (χ4n) is 1.03. The molecular weight excluding hydrogens is 132 g/mol. The number of thiol groups is 1. The highest BCUT2D eigenvalue weighted by Gasteiger charge is 2.18. The predicted octanol–water partition coefficient (Wildman–Crippen LogP) is 0.988. The van der Waals surface area contributed by atoms with Crippen LogP contribution >= 0.6 is 12.6 Å². The van der Waals surface area contributed by atoms with E-state index >= 15 is 0 Å². The minimum atomic E-state index is 0.184. The topological polar surface area (TPSA) is 27.1 Å². The summed E-state index contributed by atoms with van der Waals surface area (Å²) in [5.41, 5.74) is 0. The lowest BCUT2D eigenvalue weighted by atomic mass is 10.1. The maximum atomic E-state index is 7.45. The Morgan fingerprint density at radius 3 is 2.89 bits per heavy atom. The van der Waals surface area contributed by atoms with Crippen LogP contribution in [-0.4, -0.2) is 29.6 Å². The Labute approximate surface area is 61.2 Å². The minimum Gasteiger partial charge on any atom is -0.363 e. The van der Waals surface area contributed by atoms with Gasteiger partial charge in [-0.05, 0) is 12.8 Å². The summed E-state index contributed by atoms with van der Waals surface area (Å²) in [5.74, 6) is 0.671. The number of amidine groups is 1. The van der Waals surface area contributed by atoms with Crippen molar-refractivity contribution < 1.29 is 0 Å². The second-order valence-electron chi connectivity index (χ2n) is 2.46. The Bertz CT molecular complexity index is 112. The summed E-state index contributed by atoms with van der Waals surface area (Å²) in [6.07, 6.45) is 2.24. The van der Waals surface area contributed by atoms with Gasteiger partial charge >= 0.3 is 0 Å². The highest BCUT2D eigenvalue weighted by molar-refractivity contribution is 7.81. The summed E-state index contributed by atoms with van der Waals surface area (Å²) < 4.78 is 0. The summed E-state index contributed by atoms with van der Waals surface area (Å²) in [4.78, 5) is 1.96. The van der Waals surface area contributed by atoms with Crippen LogP contribution in [0.3, 0.4) is 0 Å². The van der Waals surface area contributed by atoms with Gasteiger partial charge in [0.15, 0.2) is 0 Å². The third kappa shape index (κ3) is 1.39. The number of piperidine rings is 1. The van der Waals surface area contributed by atoms with E-state index in [9.17, 15) is 0 Å². The summed E-state index contributed by atoms with van der Waals surface area (Å²) in [5, 5.41) is 7.63. The molecule has 0 spiro atoms. The summed E-state index contributed by atoms with van der Waals surface area (Å²) in [6, 6.07) is 0. The van der Waals surface area contributed by atoms with Crippen molar-refractivity contribution in [3.05, 3.63) is 0 Å². The van der Waals surface area contributed by atoms with E-state index in [0.29, 0.717) is 5.84 Å². The molecule has 0 aromatic carbocycles. The molecule has 1 heterocycles. The minimum absolute atomic E-state index is 0.184. The van der Waals surface area contributed by atoms with E-state index in [4.69, 9.17) is 5.41 Å². The molecule has 1 rings (SSSR count). The first-order valence-corrected chi connectivity index (χ1v) is 3.71. The molecule has 0 aromatic rings. The first-order chi connectivity index (χ1) is 4.22. The van der Waals surface area contributed by atoms with Crippen LogP contribution in [0.2, 0.25) is 0 Å². The van der Waals surface area contributed by atoms with Crippen molar-refractivity contribution in [2.45, 2.75) is 18.1 Å². The molecule has 0 amide bonds. The zero-order valence-corrected chi connectivity index (χ0v) is 6.49. The smallest absolute Gasteiger partial charge is 0.109 e. The molecule has 2 nitrogen and oxygen atoms in total. The normalized spacial score (nSPS) is 28.9. The van der Waals surface area contributed by atoms with Gasteiger partial charge in [0.2, 0.25) is 0 Å². The first kappa shape index (κ1) is 6.93. The number of hydrogen-bond acceptors (Lipinski definition) is 2. The SMILES string of the molecule is CN1CCCC(S)C1=N. The molecule has 52 valence electrons. The Balaban J connectivity index is 2.52. The van der Waals surface area contributed by atoms with Crippen molar-refractivity contribution in [2.75, 3.05) is 13.6 Å². The number of rotatable bonds is 0. The third-order valence-electron chi connectivity index (χ3n) is 1.70. The maximum Gasteiger partial charge on any atom is 0.109 e. The van der Waals surface area contributed by atoms with Crippen LogP contribution in [0.1, 0.15) is 12.8 Å². The van der Waals surface area contributed by atoms with E-state index < -0.39 is 0 Å². The van der Waals surface area contributed by atoms with Gasteiger partial charge in [0.25, 0.3) is 0 Å². The van der Waals surface area contributed by atoms with E-state index in [1.165, 1.54) is 6.42 Å². The Morgan fingerprint density at radius 2 is 2.44 bits per heavy atom. The molecule has 1 unspecified atom stereocenters.